The summed E-state index contributed by atoms with van der Waals surface area (Å²) < 4.78 is 23.9. The number of carbonyl (C=O) groups is 1. The first kappa shape index (κ1) is 18.9. The largest absolute Gasteiger partial charge is 0.496 e. The third kappa shape index (κ3) is 4.85. The molecular weight excluding hydrogens is 369 g/mol. The zero-order valence-electron chi connectivity index (χ0n) is 14.8. The average Bonchev–Trinajstić information content (AvgIpc) is 3.15. The summed E-state index contributed by atoms with van der Waals surface area (Å²) in [4.78, 5) is 12.1. The van der Waals surface area contributed by atoms with E-state index in [0.29, 0.717) is 22.4 Å². The molecule has 1 amide bonds. The molecule has 0 saturated heterocycles. The number of rotatable bonds is 7. The Kier molecular flexibility index (Phi) is 6.08. The average molecular weight is 387 g/mol. The zero-order valence-corrected chi connectivity index (χ0v) is 15.6. The number of benzene rings is 2. The predicted molar refractivity (Wildman–Crippen MR) is 100.0 cm³/mol. The van der Waals surface area contributed by atoms with Crippen LogP contribution >= 0.6 is 11.8 Å². The van der Waals surface area contributed by atoms with Crippen LogP contribution in [-0.4, -0.2) is 29.0 Å². The first-order valence-electron chi connectivity index (χ1n) is 8.21. The second kappa shape index (κ2) is 8.68. The molecular formula is C19H18FN3O3S. The fraction of sp³-hybridized carbons (Fsp3) is 0.211. The molecule has 0 spiro atoms. The monoisotopic (exact) mass is 387 g/mol. The van der Waals surface area contributed by atoms with E-state index in [2.05, 4.69) is 15.5 Å². The van der Waals surface area contributed by atoms with Gasteiger partial charge in [-0.2, -0.15) is 0 Å². The predicted octanol–water partition coefficient (Wildman–Crippen LogP) is 3.85. The van der Waals surface area contributed by atoms with Crippen molar-refractivity contribution >= 4 is 17.7 Å². The highest BCUT2D eigenvalue weighted by Crippen LogP contribution is 2.30. The smallest absolute Gasteiger partial charge is 0.277 e. The first-order valence-corrected chi connectivity index (χ1v) is 9.20. The second-order valence-corrected chi connectivity index (χ2v) is 6.63. The molecule has 1 N–H and O–H groups in total. The zero-order chi connectivity index (χ0) is 19.2. The summed E-state index contributed by atoms with van der Waals surface area (Å²) in [7, 11) is 1.57. The minimum Gasteiger partial charge on any atom is -0.496 e. The van der Waals surface area contributed by atoms with E-state index in [0.717, 1.165) is 17.3 Å². The number of halogens is 1. The van der Waals surface area contributed by atoms with Crippen LogP contribution in [0.2, 0.25) is 0 Å². The van der Waals surface area contributed by atoms with Crippen molar-refractivity contribution in [2.45, 2.75) is 18.2 Å². The number of para-hydroxylation sites is 1. The van der Waals surface area contributed by atoms with Crippen LogP contribution in [0.1, 0.15) is 18.5 Å². The Balaban J connectivity index is 1.56. The van der Waals surface area contributed by atoms with Crippen LogP contribution in [0, 0.1) is 5.82 Å². The van der Waals surface area contributed by atoms with Crippen LogP contribution in [0.4, 0.5) is 4.39 Å². The van der Waals surface area contributed by atoms with Crippen LogP contribution in [0.5, 0.6) is 5.75 Å². The number of aromatic nitrogens is 2. The maximum absolute atomic E-state index is 13.0. The molecule has 0 bridgehead atoms. The van der Waals surface area contributed by atoms with Crippen LogP contribution in [-0.2, 0) is 4.79 Å². The summed E-state index contributed by atoms with van der Waals surface area (Å²) in [5, 5.41) is 11.1. The van der Waals surface area contributed by atoms with E-state index < -0.39 is 0 Å². The van der Waals surface area contributed by atoms with Crippen molar-refractivity contribution in [3.05, 3.63) is 59.9 Å². The molecule has 0 saturated carbocycles. The van der Waals surface area contributed by atoms with E-state index in [1.165, 1.54) is 12.1 Å². The lowest BCUT2D eigenvalue weighted by atomic mass is 10.1. The van der Waals surface area contributed by atoms with E-state index in [1.54, 1.807) is 25.3 Å². The molecule has 1 unspecified atom stereocenters. The summed E-state index contributed by atoms with van der Waals surface area (Å²) in [6.45, 7) is 1.84. The fourth-order valence-corrected chi connectivity index (χ4v) is 3.02. The van der Waals surface area contributed by atoms with E-state index in [1.807, 2.05) is 25.1 Å². The number of hydrogen-bond donors (Lipinski definition) is 1. The van der Waals surface area contributed by atoms with Gasteiger partial charge in [0, 0.05) is 0 Å². The third-order valence-corrected chi connectivity index (χ3v) is 4.64. The number of thioether (sulfide) groups is 1. The fourth-order valence-electron chi connectivity index (χ4n) is 2.44. The molecule has 1 atom stereocenters. The number of nitrogens with one attached hydrogen (secondary N) is 1. The Hall–Kier alpha value is -2.87. The number of ether oxygens (including phenoxy) is 1. The topological polar surface area (TPSA) is 77.2 Å². The SMILES string of the molecule is COc1ccccc1-c1nnc(SCC(=O)NC(C)c2ccc(F)cc2)o1. The molecule has 1 aromatic heterocycles. The lowest BCUT2D eigenvalue weighted by molar-refractivity contribution is -0.119. The highest BCUT2D eigenvalue weighted by Gasteiger charge is 2.15. The van der Waals surface area contributed by atoms with Gasteiger partial charge in [0.2, 0.25) is 5.91 Å². The molecule has 0 aliphatic carbocycles. The van der Waals surface area contributed by atoms with E-state index in [4.69, 9.17) is 9.15 Å². The van der Waals surface area contributed by atoms with Crippen LogP contribution < -0.4 is 10.1 Å². The van der Waals surface area contributed by atoms with E-state index >= 15 is 0 Å². The molecule has 0 radical (unpaired) electrons. The van der Waals surface area contributed by atoms with Gasteiger partial charge in [-0.05, 0) is 36.8 Å². The minimum absolute atomic E-state index is 0.124. The van der Waals surface area contributed by atoms with Gasteiger partial charge >= 0.3 is 0 Å². The summed E-state index contributed by atoms with van der Waals surface area (Å²) in [5.41, 5.74) is 1.51. The van der Waals surface area contributed by atoms with Crippen molar-refractivity contribution in [2.75, 3.05) is 12.9 Å². The van der Waals surface area contributed by atoms with Crippen molar-refractivity contribution in [1.82, 2.24) is 15.5 Å². The van der Waals surface area contributed by atoms with Crippen LogP contribution in [0.15, 0.2) is 58.2 Å². The van der Waals surface area contributed by atoms with E-state index in [9.17, 15) is 9.18 Å². The lowest BCUT2D eigenvalue weighted by Crippen LogP contribution is -2.28. The van der Waals surface area contributed by atoms with Crippen molar-refractivity contribution < 1.29 is 18.3 Å². The first-order chi connectivity index (χ1) is 13.1. The summed E-state index contributed by atoms with van der Waals surface area (Å²) in [5.74, 6) is 0.585. The maximum Gasteiger partial charge on any atom is 0.277 e. The number of methoxy groups -OCH3 is 1. The number of amides is 1. The van der Waals surface area contributed by atoms with Crippen molar-refractivity contribution in [1.29, 1.82) is 0 Å². The molecule has 1 heterocycles. The Bertz CT molecular complexity index is 915. The Morgan fingerprint density at radius 2 is 1.96 bits per heavy atom. The maximum atomic E-state index is 13.0. The Labute approximate surface area is 160 Å². The van der Waals surface area contributed by atoms with Gasteiger partial charge in [0.15, 0.2) is 0 Å². The molecule has 0 aliphatic rings. The van der Waals surface area contributed by atoms with Crippen LogP contribution in [0.25, 0.3) is 11.5 Å². The highest BCUT2D eigenvalue weighted by atomic mass is 32.2. The number of hydrogen-bond acceptors (Lipinski definition) is 6. The number of nitrogens with zero attached hydrogens (tertiary/aromatic N) is 2. The van der Waals surface area contributed by atoms with Crippen molar-refractivity contribution in [3.8, 4) is 17.2 Å². The van der Waals surface area contributed by atoms with Gasteiger partial charge in [0.05, 0.1) is 24.5 Å². The molecule has 6 nitrogen and oxygen atoms in total. The summed E-state index contributed by atoms with van der Waals surface area (Å²) >= 11 is 1.14. The van der Waals surface area contributed by atoms with Gasteiger partial charge in [0.25, 0.3) is 11.1 Å². The van der Waals surface area contributed by atoms with Gasteiger partial charge in [-0.15, -0.1) is 10.2 Å². The van der Waals surface area contributed by atoms with Gasteiger partial charge in [-0.25, -0.2) is 4.39 Å². The Morgan fingerprint density at radius 1 is 1.22 bits per heavy atom. The normalized spacial score (nSPS) is 11.8. The van der Waals surface area contributed by atoms with Gasteiger partial charge in [-0.3, -0.25) is 4.79 Å². The molecule has 3 rings (SSSR count). The van der Waals surface area contributed by atoms with Gasteiger partial charge in [0.1, 0.15) is 11.6 Å². The summed E-state index contributed by atoms with van der Waals surface area (Å²) in [6, 6.07) is 13.1. The van der Waals surface area contributed by atoms with Gasteiger partial charge in [-0.1, -0.05) is 36.0 Å². The molecule has 0 aliphatic heterocycles. The molecule has 140 valence electrons. The molecule has 0 fully saturated rings. The van der Waals surface area contributed by atoms with E-state index in [-0.39, 0.29) is 23.5 Å². The van der Waals surface area contributed by atoms with Crippen molar-refractivity contribution in [3.63, 3.8) is 0 Å². The molecule has 3 aromatic rings. The third-order valence-electron chi connectivity index (χ3n) is 3.82. The van der Waals surface area contributed by atoms with Crippen LogP contribution in [0.3, 0.4) is 0 Å². The number of carbonyl (C=O) groups excluding carboxylic acids is 1. The lowest BCUT2D eigenvalue weighted by Gasteiger charge is -2.13. The summed E-state index contributed by atoms with van der Waals surface area (Å²) in [6.07, 6.45) is 0. The standard InChI is InChI=1S/C19H18FN3O3S/c1-12(13-7-9-14(20)10-8-13)21-17(24)11-27-19-23-22-18(26-19)15-5-3-4-6-16(15)25-2/h3-10,12H,11H2,1-2H3,(H,21,24). The second-order valence-electron chi connectivity index (χ2n) is 5.70. The highest BCUT2D eigenvalue weighted by molar-refractivity contribution is 7.99. The quantitative estimate of drug-likeness (QED) is 0.621. The molecule has 2 aromatic carbocycles. The molecule has 8 heteroatoms. The minimum atomic E-state index is -0.310. The Morgan fingerprint density at radius 3 is 2.70 bits per heavy atom. The molecule has 27 heavy (non-hydrogen) atoms. The van der Waals surface area contributed by atoms with Gasteiger partial charge < -0.3 is 14.5 Å². The van der Waals surface area contributed by atoms with Crippen molar-refractivity contribution in [2.24, 2.45) is 0 Å².